The van der Waals surface area contributed by atoms with E-state index in [9.17, 15) is 14.7 Å². The molecule has 1 aliphatic rings. The molecule has 1 aromatic carbocycles. The Morgan fingerprint density at radius 1 is 1.20 bits per heavy atom. The normalized spacial score (nSPS) is 20.2. The van der Waals surface area contributed by atoms with Crippen molar-refractivity contribution in [1.29, 1.82) is 0 Å². The highest BCUT2D eigenvalue weighted by Gasteiger charge is 2.41. The first kappa shape index (κ1) is 17.2. The molecule has 132 valence electrons. The number of carbonyl (C=O) groups excluding carboxylic acids is 1. The fraction of sp³-hybridized carbons (Fsp3) is 0.421. The Balaban J connectivity index is 1.86. The monoisotopic (exact) mass is 341 g/mol. The van der Waals surface area contributed by atoms with Crippen LogP contribution >= 0.6 is 0 Å². The topological polar surface area (TPSA) is 75.4 Å². The summed E-state index contributed by atoms with van der Waals surface area (Å²) in [6.07, 6.45) is 0. The third-order valence-electron chi connectivity index (χ3n) is 4.86. The van der Waals surface area contributed by atoms with Crippen LogP contribution in [0.2, 0.25) is 0 Å². The second-order valence-corrected chi connectivity index (χ2v) is 6.90. The molecule has 2 unspecified atom stereocenters. The lowest BCUT2D eigenvalue weighted by atomic mass is 9.89. The van der Waals surface area contributed by atoms with Crippen molar-refractivity contribution >= 4 is 11.9 Å². The Labute approximate surface area is 147 Å². The standard InChI is InChI=1S/C19H23N3O3/c1-12(2)16-9-17(21(3)20-16)18(23)22-10-14(15(11-22)19(24)25)13-7-5-4-6-8-13/h4-9,12,14-15H,10-11H2,1-3H3,(H,24,25). The molecular weight excluding hydrogens is 318 g/mol. The number of nitrogens with zero attached hydrogens (tertiary/aromatic N) is 3. The quantitative estimate of drug-likeness (QED) is 0.927. The van der Waals surface area contributed by atoms with Crippen LogP contribution in [-0.2, 0) is 11.8 Å². The minimum atomic E-state index is -0.864. The highest BCUT2D eigenvalue weighted by Crippen LogP contribution is 2.33. The predicted molar refractivity (Wildman–Crippen MR) is 93.5 cm³/mol. The van der Waals surface area contributed by atoms with Gasteiger partial charge >= 0.3 is 5.97 Å². The number of hydrogen-bond donors (Lipinski definition) is 1. The van der Waals surface area contributed by atoms with E-state index in [0.717, 1.165) is 11.3 Å². The number of carboxylic acids is 1. The molecule has 2 aromatic rings. The average molecular weight is 341 g/mol. The Hall–Kier alpha value is -2.63. The second kappa shape index (κ2) is 6.70. The van der Waals surface area contributed by atoms with Gasteiger partial charge in [-0.05, 0) is 17.5 Å². The molecule has 3 rings (SSSR count). The molecule has 0 aliphatic carbocycles. The number of carbonyl (C=O) groups is 2. The molecule has 1 aromatic heterocycles. The van der Waals surface area contributed by atoms with Crippen LogP contribution < -0.4 is 0 Å². The minimum Gasteiger partial charge on any atom is -0.481 e. The van der Waals surface area contributed by atoms with Crippen molar-refractivity contribution in [1.82, 2.24) is 14.7 Å². The van der Waals surface area contributed by atoms with Crippen LogP contribution in [-0.4, -0.2) is 44.8 Å². The first-order valence-corrected chi connectivity index (χ1v) is 8.49. The zero-order chi connectivity index (χ0) is 18.1. The van der Waals surface area contributed by atoms with E-state index in [4.69, 9.17) is 0 Å². The maximum atomic E-state index is 12.9. The summed E-state index contributed by atoms with van der Waals surface area (Å²) >= 11 is 0. The van der Waals surface area contributed by atoms with Crippen molar-refractivity contribution in [3.05, 3.63) is 53.3 Å². The molecule has 1 N–H and O–H groups in total. The highest BCUT2D eigenvalue weighted by molar-refractivity contribution is 5.93. The smallest absolute Gasteiger partial charge is 0.308 e. The number of hydrogen-bond acceptors (Lipinski definition) is 3. The summed E-state index contributed by atoms with van der Waals surface area (Å²) in [4.78, 5) is 26.3. The summed E-state index contributed by atoms with van der Waals surface area (Å²) < 4.78 is 1.59. The van der Waals surface area contributed by atoms with Crippen LogP contribution in [0.25, 0.3) is 0 Å². The van der Waals surface area contributed by atoms with E-state index < -0.39 is 11.9 Å². The van der Waals surface area contributed by atoms with Gasteiger partial charge in [-0.3, -0.25) is 14.3 Å². The minimum absolute atomic E-state index is 0.161. The van der Waals surface area contributed by atoms with Crippen molar-refractivity contribution in [2.75, 3.05) is 13.1 Å². The molecule has 2 heterocycles. The number of benzene rings is 1. The van der Waals surface area contributed by atoms with Gasteiger partial charge in [0, 0.05) is 26.1 Å². The molecule has 1 saturated heterocycles. The molecule has 0 saturated carbocycles. The van der Waals surface area contributed by atoms with Crippen molar-refractivity contribution in [3.63, 3.8) is 0 Å². The maximum Gasteiger partial charge on any atom is 0.308 e. The van der Waals surface area contributed by atoms with E-state index >= 15 is 0 Å². The summed E-state index contributed by atoms with van der Waals surface area (Å²) in [6, 6.07) is 11.4. The number of likely N-dealkylation sites (tertiary alicyclic amines) is 1. The van der Waals surface area contributed by atoms with Crippen LogP contribution in [0.1, 0.15) is 47.4 Å². The summed E-state index contributed by atoms with van der Waals surface area (Å²) in [5.74, 6) is -1.58. The third kappa shape index (κ3) is 3.29. The van der Waals surface area contributed by atoms with Gasteiger partial charge in [-0.1, -0.05) is 44.2 Å². The van der Waals surface area contributed by atoms with E-state index in [-0.39, 0.29) is 24.3 Å². The predicted octanol–water partition coefficient (Wildman–Crippen LogP) is 2.48. The molecule has 6 nitrogen and oxygen atoms in total. The van der Waals surface area contributed by atoms with E-state index in [1.54, 1.807) is 22.7 Å². The lowest BCUT2D eigenvalue weighted by molar-refractivity contribution is -0.141. The van der Waals surface area contributed by atoms with Crippen LogP contribution in [0.5, 0.6) is 0 Å². The fourth-order valence-electron chi connectivity index (χ4n) is 3.39. The van der Waals surface area contributed by atoms with Crippen molar-refractivity contribution in [2.24, 2.45) is 13.0 Å². The first-order valence-electron chi connectivity index (χ1n) is 8.49. The molecule has 0 bridgehead atoms. The van der Waals surface area contributed by atoms with E-state index in [1.165, 1.54) is 0 Å². The lowest BCUT2D eigenvalue weighted by Gasteiger charge is -2.16. The molecular formula is C19H23N3O3. The molecule has 25 heavy (non-hydrogen) atoms. The Bertz CT molecular complexity index is 782. The van der Waals surface area contributed by atoms with Crippen LogP contribution in [0, 0.1) is 5.92 Å². The molecule has 1 amide bonds. The van der Waals surface area contributed by atoms with Crippen molar-refractivity contribution in [2.45, 2.75) is 25.7 Å². The Morgan fingerprint density at radius 3 is 2.44 bits per heavy atom. The number of rotatable bonds is 4. The second-order valence-electron chi connectivity index (χ2n) is 6.90. The van der Waals surface area contributed by atoms with Gasteiger partial charge in [-0.2, -0.15) is 5.10 Å². The summed E-state index contributed by atoms with van der Waals surface area (Å²) in [7, 11) is 1.75. The number of aromatic nitrogens is 2. The van der Waals surface area contributed by atoms with Crippen molar-refractivity contribution < 1.29 is 14.7 Å². The van der Waals surface area contributed by atoms with Gasteiger partial charge in [0.25, 0.3) is 5.91 Å². The lowest BCUT2D eigenvalue weighted by Crippen LogP contribution is -2.31. The van der Waals surface area contributed by atoms with E-state index in [0.29, 0.717) is 12.2 Å². The number of aliphatic carboxylic acids is 1. The summed E-state index contributed by atoms with van der Waals surface area (Å²) in [5.41, 5.74) is 2.32. The number of aryl methyl sites for hydroxylation is 1. The Morgan fingerprint density at radius 2 is 1.88 bits per heavy atom. The van der Waals surface area contributed by atoms with E-state index in [1.807, 2.05) is 44.2 Å². The van der Waals surface area contributed by atoms with Gasteiger partial charge in [0.05, 0.1) is 11.6 Å². The van der Waals surface area contributed by atoms with Gasteiger partial charge < -0.3 is 10.0 Å². The van der Waals surface area contributed by atoms with Gasteiger partial charge in [-0.25, -0.2) is 0 Å². The maximum absolute atomic E-state index is 12.9. The SMILES string of the molecule is CC(C)c1cc(C(=O)N2CC(C(=O)O)C(c3ccccc3)C2)n(C)n1. The molecule has 1 aliphatic heterocycles. The largest absolute Gasteiger partial charge is 0.481 e. The average Bonchev–Trinajstić information content (AvgIpc) is 3.19. The van der Waals surface area contributed by atoms with Gasteiger partial charge in [0.2, 0.25) is 0 Å². The van der Waals surface area contributed by atoms with Crippen LogP contribution in [0.3, 0.4) is 0 Å². The van der Waals surface area contributed by atoms with Gasteiger partial charge in [-0.15, -0.1) is 0 Å². The van der Waals surface area contributed by atoms with Gasteiger partial charge in [0.1, 0.15) is 5.69 Å². The summed E-state index contributed by atoms with van der Waals surface area (Å²) in [6.45, 7) is 4.68. The van der Waals surface area contributed by atoms with E-state index in [2.05, 4.69) is 5.10 Å². The number of amides is 1. The van der Waals surface area contributed by atoms with Crippen molar-refractivity contribution in [3.8, 4) is 0 Å². The number of carboxylic acid groups (broad SMARTS) is 1. The molecule has 0 spiro atoms. The third-order valence-corrected chi connectivity index (χ3v) is 4.86. The summed E-state index contributed by atoms with van der Waals surface area (Å²) in [5, 5.41) is 14.0. The zero-order valence-electron chi connectivity index (χ0n) is 14.7. The highest BCUT2D eigenvalue weighted by atomic mass is 16.4. The Kier molecular flexibility index (Phi) is 4.61. The van der Waals surface area contributed by atoms with Gasteiger partial charge in [0.15, 0.2) is 0 Å². The van der Waals surface area contributed by atoms with Crippen LogP contribution in [0.15, 0.2) is 36.4 Å². The molecule has 1 fully saturated rings. The molecule has 0 radical (unpaired) electrons. The molecule has 6 heteroatoms. The van der Waals surface area contributed by atoms with Crippen LogP contribution in [0.4, 0.5) is 0 Å². The molecule has 2 atom stereocenters. The zero-order valence-corrected chi connectivity index (χ0v) is 14.7. The fourth-order valence-corrected chi connectivity index (χ4v) is 3.39. The first-order chi connectivity index (χ1) is 11.9.